The van der Waals surface area contributed by atoms with E-state index in [0.29, 0.717) is 23.9 Å². The minimum Gasteiger partial charge on any atom is -0.756 e. The Morgan fingerprint density at radius 3 is 1.16 bits per heavy atom. The van der Waals surface area contributed by atoms with Crippen LogP contribution in [0.5, 0.6) is 0 Å². The fourth-order valence-corrected chi connectivity index (χ4v) is 9.45. The van der Waals surface area contributed by atoms with Crippen LogP contribution in [0.3, 0.4) is 0 Å². The maximum absolute atomic E-state index is 13.6. The minimum absolute atomic E-state index is 0.0381. The minimum atomic E-state index is -4.72. The van der Waals surface area contributed by atoms with Crippen LogP contribution in [0.15, 0.2) is 146 Å². The highest BCUT2D eigenvalue weighted by atomic mass is 31.2. The summed E-state index contributed by atoms with van der Waals surface area (Å²) in [7, 11) is 1.14. The van der Waals surface area contributed by atoms with Crippen molar-refractivity contribution in [1.82, 2.24) is 5.32 Å². The summed E-state index contributed by atoms with van der Waals surface area (Å²) in [4.78, 5) is 40.1. The number of esters is 1. The molecular formula is C73H123N2O7P. The first-order chi connectivity index (χ1) is 40.4. The summed E-state index contributed by atoms with van der Waals surface area (Å²) < 4.78 is 30.3. The van der Waals surface area contributed by atoms with E-state index >= 15 is 0 Å². The maximum Gasteiger partial charge on any atom is 0.306 e. The monoisotopic (exact) mass is 1170 g/mol. The summed E-state index contributed by atoms with van der Waals surface area (Å²) in [5.74, 6) is -0.594. The van der Waals surface area contributed by atoms with Crippen molar-refractivity contribution in [3.63, 3.8) is 0 Å². The Kier molecular flexibility index (Phi) is 58.0. The van der Waals surface area contributed by atoms with E-state index < -0.39 is 26.6 Å². The van der Waals surface area contributed by atoms with Gasteiger partial charge in [0, 0.05) is 12.8 Å². The third-order valence-corrected chi connectivity index (χ3v) is 14.7. The Morgan fingerprint density at radius 2 is 0.771 bits per heavy atom. The van der Waals surface area contributed by atoms with E-state index in [1.165, 1.54) is 64.2 Å². The van der Waals surface area contributed by atoms with Gasteiger partial charge in [-0.15, -0.1) is 0 Å². The van der Waals surface area contributed by atoms with Gasteiger partial charge in [-0.05, 0) is 128 Å². The number of unbranched alkanes of at least 4 members (excludes halogenated alkanes) is 20. The summed E-state index contributed by atoms with van der Waals surface area (Å²) in [5.41, 5.74) is 0. The number of quaternary nitrogens is 1. The lowest BCUT2D eigenvalue weighted by Gasteiger charge is -2.30. The highest BCUT2D eigenvalue weighted by Crippen LogP contribution is 2.38. The van der Waals surface area contributed by atoms with Crippen LogP contribution in [0.1, 0.15) is 252 Å². The van der Waals surface area contributed by atoms with E-state index in [1.807, 2.05) is 33.3 Å². The number of nitrogens with one attached hydrogen (secondary N) is 1. The van der Waals surface area contributed by atoms with E-state index in [2.05, 4.69) is 160 Å². The molecule has 0 heterocycles. The van der Waals surface area contributed by atoms with Crippen molar-refractivity contribution < 1.29 is 37.3 Å². The quantitative estimate of drug-likeness (QED) is 0.0212. The molecule has 0 aliphatic rings. The van der Waals surface area contributed by atoms with E-state index in [9.17, 15) is 19.0 Å². The van der Waals surface area contributed by atoms with Crippen LogP contribution in [0.4, 0.5) is 0 Å². The second kappa shape index (κ2) is 61.0. The average molecular weight is 1170 g/mol. The Hall–Kier alpha value is -4.11. The van der Waals surface area contributed by atoms with E-state index in [4.69, 9.17) is 13.8 Å². The number of rotatable bonds is 58. The molecule has 472 valence electrons. The zero-order valence-electron chi connectivity index (χ0n) is 53.8. The van der Waals surface area contributed by atoms with E-state index in [1.54, 1.807) is 0 Å². The summed E-state index contributed by atoms with van der Waals surface area (Å²) in [6, 6.07) is -0.919. The van der Waals surface area contributed by atoms with Gasteiger partial charge in [0.15, 0.2) is 0 Å². The molecule has 9 nitrogen and oxygen atoms in total. The number of phosphoric ester groups is 1. The zero-order valence-corrected chi connectivity index (χ0v) is 54.7. The Morgan fingerprint density at radius 1 is 0.434 bits per heavy atom. The van der Waals surface area contributed by atoms with Crippen LogP contribution in [-0.4, -0.2) is 69.4 Å². The van der Waals surface area contributed by atoms with Gasteiger partial charge in [0.05, 0.1) is 33.8 Å². The molecule has 0 aromatic rings. The molecule has 1 amide bonds. The number of phosphoric acid groups is 1. The van der Waals surface area contributed by atoms with Gasteiger partial charge in [-0.1, -0.05) is 257 Å². The molecule has 0 bridgehead atoms. The molecule has 83 heavy (non-hydrogen) atoms. The van der Waals surface area contributed by atoms with Crippen LogP contribution in [-0.2, 0) is 27.9 Å². The van der Waals surface area contributed by atoms with Crippen LogP contribution >= 0.6 is 7.82 Å². The molecule has 0 fully saturated rings. The maximum atomic E-state index is 13.6. The molecule has 0 aliphatic heterocycles. The van der Waals surface area contributed by atoms with Crippen molar-refractivity contribution in [3.8, 4) is 0 Å². The molecule has 1 N–H and O–H groups in total. The third-order valence-electron chi connectivity index (χ3n) is 13.8. The van der Waals surface area contributed by atoms with Crippen molar-refractivity contribution in [2.24, 2.45) is 0 Å². The number of hydrogen-bond acceptors (Lipinski definition) is 7. The average Bonchev–Trinajstić information content (AvgIpc) is 3.51. The van der Waals surface area contributed by atoms with Gasteiger partial charge < -0.3 is 28.5 Å². The van der Waals surface area contributed by atoms with E-state index in [-0.39, 0.29) is 31.3 Å². The Labute approximate surface area is 510 Å². The first-order valence-electron chi connectivity index (χ1n) is 33.1. The van der Waals surface area contributed by atoms with Gasteiger partial charge in [-0.2, -0.15) is 0 Å². The summed E-state index contributed by atoms with van der Waals surface area (Å²) >= 11 is 0. The van der Waals surface area contributed by atoms with Crippen LogP contribution in [0, 0.1) is 0 Å². The fraction of sp³-hybridized carbons (Fsp3) is 0.644. The van der Waals surface area contributed by atoms with Crippen LogP contribution in [0.2, 0.25) is 0 Å². The van der Waals surface area contributed by atoms with Crippen molar-refractivity contribution in [1.29, 1.82) is 0 Å². The van der Waals surface area contributed by atoms with Gasteiger partial charge in [0.2, 0.25) is 5.91 Å². The van der Waals surface area contributed by atoms with Gasteiger partial charge in [-0.25, -0.2) is 0 Å². The topological polar surface area (TPSA) is 114 Å². The first kappa shape index (κ1) is 78.9. The number of nitrogens with zero attached hydrogens (tertiary/aromatic N) is 1. The number of carbonyl (C=O) groups is 2. The van der Waals surface area contributed by atoms with Crippen molar-refractivity contribution >= 4 is 19.7 Å². The molecule has 0 spiro atoms. The number of carbonyl (C=O) groups excluding carboxylic acids is 2. The number of ether oxygens (including phenoxy) is 1. The Bertz CT molecular complexity index is 1930. The lowest BCUT2D eigenvalue weighted by molar-refractivity contribution is -0.870. The third kappa shape index (κ3) is 62.2. The van der Waals surface area contributed by atoms with Crippen LogP contribution in [0.25, 0.3) is 0 Å². The molecule has 3 atom stereocenters. The standard InChI is InChI=1S/C73H123N2O7P/c1-7-10-13-16-19-22-25-27-29-31-33-35-37-39-41-43-45-47-50-53-56-59-62-65-72(76)74-70(69-81-83(78,79)80-68-67-75(4,5)6)71(64-61-58-55-52-49-24-21-18-15-12-9-3)82-73(77)66-63-60-57-54-51-48-46-44-42-40-38-36-34-32-30-28-26-23-20-17-14-11-8-2/h10-11,13-14,19-20,22-23,27-30,33-36,39-42,45,47,61,64,70-71H,7-9,12,15-18,21,24-26,31-32,37-38,43-44,46,48-60,62-63,65-69H2,1-6H3,(H-,74,76,78,79)/b13-10-,14-11-,22-19-,23-20-,29-27-,30-28-,35-33-,36-34-,41-39-,42-40-,47-45-,64-61+. The highest BCUT2D eigenvalue weighted by Gasteiger charge is 2.27. The lowest BCUT2D eigenvalue weighted by Crippen LogP contribution is -2.47. The zero-order chi connectivity index (χ0) is 60.7. The first-order valence-corrected chi connectivity index (χ1v) is 34.6. The molecule has 0 rings (SSSR count). The van der Waals surface area contributed by atoms with E-state index in [0.717, 1.165) is 141 Å². The predicted molar refractivity (Wildman–Crippen MR) is 357 cm³/mol. The summed E-state index contributed by atoms with van der Waals surface area (Å²) in [5, 5.41) is 3.01. The number of amides is 1. The Balaban J connectivity index is 5.22. The fourth-order valence-electron chi connectivity index (χ4n) is 8.73. The van der Waals surface area contributed by atoms with Gasteiger partial charge >= 0.3 is 5.97 Å². The number of likely N-dealkylation sites (N-methyl/N-ethyl adjacent to an activating group) is 1. The van der Waals surface area contributed by atoms with Gasteiger partial charge in [-0.3, -0.25) is 14.2 Å². The molecule has 0 saturated carbocycles. The summed E-state index contributed by atoms with van der Waals surface area (Å²) in [6.45, 7) is 6.57. The molecule has 0 radical (unpaired) electrons. The van der Waals surface area contributed by atoms with Crippen LogP contribution < -0.4 is 10.2 Å². The smallest absolute Gasteiger partial charge is 0.306 e. The van der Waals surface area contributed by atoms with Gasteiger partial charge in [0.25, 0.3) is 7.82 Å². The largest absolute Gasteiger partial charge is 0.756 e. The molecule has 3 unspecified atom stereocenters. The van der Waals surface area contributed by atoms with Crippen molar-refractivity contribution in [3.05, 3.63) is 146 Å². The summed E-state index contributed by atoms with van der Waals surface area (Å²) in [6.07, 6.45) is 88.2. The molecule has 0 aromatic heterocycles. The molecule has 0 saturated heterocycles. The van der Waals surface area contributed by atoms with Crippen molar-refractivity contribution in [2.75, 3.05) is 40.9 Å². The second-order valence-corrected chi connectivity index (χ2v) is 24.3. The number of hydrogen-bond donors (Lipinski definition) is 1. The molecule has 0 aliphatic carbocycles. The number of allylic oxidation sites excluding steroid dienone is 23. The molecule has 0 aromatic carbocycles. The molecule has 10 heteroatoms. The normalized spacial score (nSPS) is 14.5. The SMILES string of the molecule is CC/C=C\C/C=C\C/C=C\C/C=C\C/C=C\C/C=C\CCCCCCC(=O)NC(COP(=O)([O-])OCC[N+](C)(C)C)C(/C=C/CCCCCCCCCCC)OC(=O)CCCCCCCCC/C=C\C/C=C\C/C=C\C/C=C\C/C=C\CC. The van der Waals surface area contributed by atoms with Crippen molar-refractivity contribution in [2.45, 2.75) is 264 Å². The lowest BCUT2D eigenvalue weighted by atomic mass is 10.1. The second-order valence-electron chi connectivity index (χ2n) is 22.9. The highest BCUT2D eigenvalue weighted by molar-refractivity contribution is 7.45. The van der Waals surface area contributed by atoms with Gasteiger partial charge in [0.1, 0.15) is 19.3 Å². The molecular weight excluding hydrogens is 1050 g/mol. The predicted octanol–water partition coefficient (Wildman–Crippen LogP) is 20.4.